The molecule has 0 aliphatic carbocycles. The lowest BCUT2D eigenvalue weighted by atomic mass is 10.2. The molecule has 93 valence electrons. The van der Waals surface area contributed by atoms with Gasteiger partial charge in [-0.25, -0.2) is 0 Å². The minimum atomic E-state index is 0.625. The number of carbonyl (C=O) groups excluding carboxylic acids is 1. The standard InChI is InChI=1S/C15H22NO/c1-3-5-11-16(12-6-4-2)15-9-7-14(13-17)8-10-15/h7-10H,3-6,11-12H2,1-2H3. The van der Waals surface area contributed by atoms with E-state index in [4.69, 9.17) is 0 Å². The highest BCUT2D eigenvalue weighted by molar-refractivity contribution is 5.76. The molecule has 0 aliphatic rings. The van der Waals surface area contributed by atoms with Gasteiger partial charge in [0, 0.05) is 24.3 Å². The summed E-state index contributed by atoms with van der Waals surface area (Å²) < 4.78 is 0. The maximum absolute atomic E-state index is 10.5. The van der Waals surface area contributed by atoms with Crippen LogP contribution >= 0.6 is 0 Å². The van der Waals surface area contributed by atoms with E-state index in [0.29, 0.717) is 5.56 Å². The van der Waals surface area contributed by atoms with E-state index in [9.17, 15) is 4.79 Å². The molecule has 1 aromatic carbocycles. The van der Waals surface area contributed by atoms with Crippen LogP contribution in [0.4, 0.5) is 5.69 Å². The second-order valence-corrected chi connectivity index (χ2v) is 4.34. The van der Waals surface area contributed by atoms with Crippen molar-refractivity contribution in [2.45, 2.75) is 39.5 Å². The van der Waals surface area contributed by atoms with Crippen molar-refractivity contribution >= 4 is 12.0 Å². The van der Waals surface area contributed by atoms with Crippen molar-refractivity contribution in [3.05, 3.63) is 29.8 Å². The van der Waals surface area contributed by atoms with Crippen LogP contribution in [-0.4, -0.2) is 19.4 Å². The first-order valence-electron chi connectivity index (χ1n) is 6.55. The van der Waals surface area contributed by atoms with Gasteiger partial charge in [0.2, 0.25) is 6.29 Å². The van der Waals surface area contributed by atoms with Crippen molar-refractivity contribution in [2.24, 2.45) is 0 Å². The molecular formula is C15H22NO. The first kappa shape index (κ1) is 13.8. The minimum absolute atomic E-state index is 0.625. The third kappa shape index (κ3) is 4.59. The number of unbranched alkanes of at least 4 members (excludes halogenated alkanes) is 2. The summed E-state index contributed by atoms with van der Waals surface area (Å²) in [4.78, 5) is 12.9. The average Bonchev–Trinajstić information content (AvgIpc) is 2.39. The van der Waals surface area contributed by atoms with E-state index in [1.165, 1.54) is 31.4 Å². The molecule has 0 bridgehead atoms. The van der Waals surface area contributed by atoms with Crippen molar-refractivity contribution in [2.75, 3.05) is 18.0 Å². The second kappa shape index (κ2) is 7.88. The van der Waals surface area contributed by atoms with E-state index in [-0.39, 0.29) is 0 Å². The molecular weight excluding hydrogens is 210 g/mol. The summed E-state index contributed by atoms with van der Waals surface area (Å²) >= 11 is 0. The van der Waals surface area contributed by atoms with Gasteiger partial charge < -0.3 is 4.90 Å². The maximum atomic E-state index is 10.5. The molecule has 0 spiro atoms. The molecule has 2 heteroatoms. The van der Waals surface area contributed by atoms with Crippen LogP contribution in [0, 0.1) is 0 Å². The van der Waals surface area contributed by atoms with Crippen molar-refractivity contribution in [1.29, 1.82) is 0 Å². The van der Waals surface area contributed by atoms with Gasteiger partial charge >= 0.3 is 0 Å². The van der Waals surface area contributed by atoms with Crippen LogP contribution in [-0.2, 0) is 4.79 Å². The molecule has 0 unspecified atom stereocenters. The van der Waals surface area contributed by atoms with E-state index in [2.05, 4.69) is 18.7 Å². The highest BCUT2D eigenvalue weighted by atomic mass is 16.1. The topological polar surface area (TPSA) is 20.3 Å². The van der Waals surface area contributed by atoms with E-state index < -0.39 is 0 Å². The highest BCUT2D eigenvalue weighted by Gasteiger charge is 2.05. The Balaban J connectivity index is 2.68. The third-order valence-electron chi connectivity index (χ3n) is 2.91. The SMILES string of the molecule is CCCCN(CCCC)c1ccc([C]=O)cc1. The molecule has 0 aliphatic heterocycles. The normalized spacial score (nSPS) is 10.2. The van der Waals surface area contributed by atoms with Crippen LogP contribution in [0.2, 0.25) is 0 Å². The predicted octanol–water partition coefficient (Wildman–Crippen LogP) is 3.55. The van der Waals surface area contributed by atoms with Crippen LogP contribution in [0.15, 0.2) is 24.3 Å². The molecule has 0 amide bonds. The maximum Gasteiger partial charge on any atom is 0.233 e. The third-order valence-corrected chi connectivity index (χ3v) is 2.91. The first-order valence-corrected chi connectivity index (χ1v) is 6.55. The Kier molecular flexibility index (Phi) is 6.38. The molecule has 17 heavy (non-hydrogen) atoms. The summed E-state index contributed by atoms with van der Waals surface area (Å²) in [6, 6.07) is 7.72. The molecule has 0 saturated heterocycles. The van der Waals surface area contributed by atoms with Crippen molar-refractivity contribution in [3.8, 4) is 0 Å². The lowest BCUT2D eigenvalue weighted by molar-refractivity contribution is 0.563. The number of hydrogen-bond acceptors (Lipinski definition) is 2. The molecule has 0 N–H and O–H groups in total. The van der Waals surface area contributed by atoms with Gasteiger partial charge in [0.1, 0.15) is 0 Å². The summed E-state index contributed by atoms with van der Waals surface area (Å²) in [6.07, 6.45) is 6.76. The van der Waals surface area contributed by atoms with Crippen LogP contribution in [0.3, 0.4) is 0 Å². The zero-order valence-corrected chi connectivity index (χ0v) is 10.9. The number of nitrogens with zero attached hydrogens (tertiary/aromatic N) is 1. The van der Waals surface area contributed by atoms with Crippen LogP contribution in [0.25, 0.3) is 0 Å². The first-order chi connectivity index (χ1) is 8.31. The quantitative estimate of drug-likeness (QED) is 0.683. The Morgan fingerprint density at radius 3 is 1.94 bits per heavy atom. The van der Waals surface area contributed by atoms with Gasteiger partial charge in [-0.2, -0.15) is 0 Å². The summed E-state index contributed by atoms with van der Waals surface area (Å²) in [5.41, 5.74) is 1.84. The van der Waals surface area contributed by atoms with Gasteiger partial charge in [0.05, 0.1) is 0 Å². The monoisotopic (exact) mass is 232 g/mol. The largest absolute Gasteiger partial charge is 0.372 e. The highest BCUT2D eigenvalue weighted by Crippen LogP contribution is 2.16. The Bertz CT molecular complexity index is 310. The Labute approximate surface area is 105 Å². The van der Waals surface area contributed by atoms with E-state index >= 15 is 0 Å². The molecule has 1 rings (SSSR count). The Morgan fingerprint density at radius 1 is 1.00 bits per heavy atom. The van der Waals surface area contributed by atoms with E-state index in [1.807, 2.05) is 30.6 Å². The molecule has 0 saturated carbocycles. The van der Waals surface area contributed by atoms with Gasteiger partial charge in [0.25, 0.3) is 0 Å². The smallest absolute Gasteiger partial charge is 0.233 e. The molecule has 0 atom stereocenters. The van der Waals surface area contributed by atoms with Gasteiger partial charge in [0.15, 0.2) is 0 Å². The summed E-state index contributed by atoms with van der Waals surface area (Å²) in [5, 5.41) is 0. The zero-order chi connectivity index (χ0) is 12.5. The fourth-order valence-corrected chi connectivity index (χ4v) is 1.81. The van der Waals surface area contributed by atoms with Crippen molar-refractivity contribution < 1.29 is 4.79 Å². The van der Waals surface area contributed by atoms with E-state index in [0.717, 1.165) is 13.1 Å². The molecule has 2 nitrogen and oxygen atoms in total. The lowest BCUT2D eigenvalue weighted by Crippen LogP contribution is -2.25. The van der Waals surface area contributed by atoms with Crippen LogP contribution in [0.5, 0.6) is 0 Å². The van der Waals surface area contributed by atoms with Gasteiger partial charge in [-0.3, -0.25) is 4.79 Å². The number of hydrogen-bond donors (Lipinski definition) is 0. The van der Waals surface area contributed by atoms with E-state index in [1.54, 1.807) is 0 Å². The number of anilines is 1. The predicted molar refractivity (Wildman–Crippen MR) is 73.3 cm³/mol. The lowest BCUT2D eigenvalue weighted by Gasteiger charge is -2.24. The Hall–Kier alpha value is -1.31. The van der Waals surface area contributed by atoms with Crippen LogP contribution < -0.4 is 4.90 Å². The van der Waals surface area contributed by atoms with Gasteiger partial charge in [-0.1, -0.05) is 26.7 Å². The van der Waals surface area contributed by atoms with Crippen molar-refractivity contribution in [3.63, 3.8) is 0 Å². The molecule has 0 fully saturated rings. The molecule has 0 heterocycles. The summed E-state index contributed by atoms with van der Waals surface area (Å²) in [6.45, 7) is 6.62. The average molecular weight is 232 g/mol. The fraction of sp³-hybridized carbons (Fsp3) is 0.533. The molecule has 1 radical (unpaired) electrons. The summed E-state index contributed by atoms with van der Waals surface area (Å²) in [7, 11) is 0. The van der Waals surface area contributed by atoms with Crippen molar-refractivity contribution in [1.82, 2.24) is 0 Å². The summed E-state index contributed by atoms with van der Waals surface area (Å²) in [5.74, 6) is 0. The minimum Gasteiger partial charge on any atom is -0.372 e. The second-order valence-electron chi connectivity index (χ2n) is 4.34. The Morgan fingerprint density at radius 2 is 1.53 bits per heavy atom. The van der Waals surface area contributed by atoms with Gasteiger partial charge in [-0.05, 0) is 37.1 Å². The molecule has 1 aromatic rings. The van der Waals surface area contributed by atoms with Gasteiger partial charge in [-0.15, -0.1) is 0 Å². The number of benzene rings is 1. The zero-order valence-electron chi connectivity index (χ0n) is 10.9. The number of rotatable bonds is 8. The van der Waals surface area contributed by atoms with Crippen LogP contribution in [0.1, 0.15) is 45.1 Å². The fourth-order valence-electron chi connectivity index (χ4n) is 1.81. The molecule has 0 aromatic heterocycles.